The fraction of sp³-hybridized carbons (Fsp3) is 0.520. The first-order chi connectivity index (χ1) is 16.6. The molecule has 0 aliphatic rings. The number of benzene rings is 1. The SMILES string of the molecule is CC(C)n1c(NCS(C)(=O)=O)nc(-c2ccc(F)cc2)c1/C=C/[C@@H](O)C[C@@H](O)CC(=O)OC(C)(C)C. The minimum absolute atomic E-state index is 0.101. The summed E-state index contributed by atoms with van der Waals surface area (Å²) in [5.41, 5.74) is 0.924. The highest BCUT2D eigenvalue weighted by Crippen LogP contribution is 2.31. The fourth-order valence-electron chi connectivity index (χ4n) is 3.49. The van der Waals surface area contributed by atoms with Gasteiger partial charge in [0.1, 0.15) is 17.3 Å². The molecule has 0 aliphatic heterocycles. The van der Waals surface area contributed by atoms with E-state index in [0.717, 1.165) is 6.26 Å². The van der Waals surface area contributed by atoms with Gasteiger partial charge in [0, 0.05) is 24.3 Å². The van der Waals surface area contributed by atoms with Crippen molar-refractivity contribution in [1.82, 2.24) is 9.55 Å². The third kappa shape index (κ3) is 9.36. The van der Waals surface area contributed by atoms with Crippen molar-refractivity contribution in [3.8, 4) is 11.3 Å². The van der Waals surface area contributed by atoms with Gasteiger partial charge in [-0.2, -0.15) is 0 Å². The molecule has 200 valence electrons. The molecule has 0 unspecified atom stereocenters. The lowest BCUT2D eigenvalue weighted by Crippen LogP contribution is -2.27. The third-order valence-corrected chi connectivity index (χ3v) is 5.56. The molecular formula is C25H36FN3O6S. The van der Waals surface area contributed by atoms with Gasteiger partial charge in [0.15, 0.2) is 9.84 Å². The summed E-state index contributed by atoms with van der Waals surface area (Å²) in [6.07, 6.45) is 1.61. The quantitative estimate of drug-likeness (QED) is 0.380. The molecule has 0 fully saturated rings. The van der Waals surface area contributed by atoms with E-state index in [-0.39, 0.29) is 24.8 Å². The number of hydrogen-bond donors (Lipinski definition) is 3. The van der Waals surface area contributed by atoms with Crippen molar-refractivity contribution in [2.75, 3.05) is 17.4 Å². The van der Waals surface area contributed by atoms with Gasteiger partial charge in [0.25, 0.3) is 0 Å². The average molecular weight is 526 g/mol. The molecule has 11 heteroatoms. The normalized spacial score (nSPS) is 14.3. The Balaban J connectivity index is 2.34. The number of nitrogens with one attached hydrogen (secondary N) is 1. The van der Waals surface area contributed by atoms with Crippen LogP contribution in [0.5, 0.6) is 0 Å². The molecule has 3 N–H and O–H groups in total. The molecule has 2 aromatic rings. The zero-order valence-corrected chi connectivity index (χ0v) is 22.3. The Kier molecular flexibility index (Phi) is 9.81. The van der Waals surface area contributed by atoms with E-state index in [0.29, 0.717) is 22.9 Å². The number of aliphatic hydroxyl groups excluding tert-OH is 2. The molecule has 2 atom stereocenters. The molecule has 2 rings (SSSR count). The van der Waals surface area contributed by atoms with Gasteiger partial charge >= 0.3 is 5.97 Å². The maximum absolute atomic E-state index is 13.5. The van der Waals surface area contributed by atoms with E-state index in [9.17, 15) is 27.8 Å². The molecule has 1 aromatic heterocycles. The largest absolute Gasteiger partial charge is 0.460 e. The lowest BCUT2D eigenvalue weighted by molar-refractivity contribution is -0.157. The summed E-state index contributed by atoms with van der Waals surface area (Å²) in [4.78, 5) is 16.5. The van der Waals surface area contributed by atoms with Gasteiger partial charge in [0.2, 0.25) is 5.95 Å². The second-order valence-corrected chi connectivity index (χ2v) is 12.1. The second kappa shape index (κ2) is 12.0. The number of carbonyl (C=O) groups excluding carboxylic acids is 1. The molecule has 36 heavy (non-hydrogen) atoms. The van der Waals surface area contributed by atoms with Crippen molar-refractivity contribution in [2.45, 2.75) is 71.3 Å². The molecular weight excluding hydrogens is 489 g/mol. The van der Waals surface area contributed by atoms with E-state index in [1.807, 2.05) is 13.8 Å². The standard InChI is InChI=1S/C25H36FN3O6S/c1-16(2)29-21(12-11-19(30)13-20(31)14-22(32)35-25(3,4)5)23(17-7-9-18(26)10-8-17)28-24(29)27-15-36(6,33)34/h7-12,16,19-20,30-31H,13-15H2,1-6H3,(H,27,28)/b12-11+/t19-,20-/m1/s1. The number of imidazole rings is 1. The predicted octanol–water partition coefficient (Wildman–Crippen LogP) is 3.54. The fourth-order valence-corrected chi connectivity index (χ4v) is 3.88. The highest BCUT2D eigenvalue weighted by molar-refractivity contribution is 7.90. The number of ether oxygens (including phenoxy) is 1. The number of aromatic nitrogens is 2. The third-order valence-electron chi connectivity index (χ3n) is 4.89. The second-order valence-electron chi connectivity index (χ2n) is 9.99. The van der Waals surface area contributed by atoms with Crippen molar-refractivity contribution < 1.29 is 32.6 Å². The number of esters is 1. The number of nitrogens with zero attached hydrogens (tertiary/aromatic N) is 2. The number of aliphatic hydroxyl groups is 2. The Labute approximate surface area is 211 Å². The number of halogens is 1. The minimum atomic E-state index is -3.34. The van der Waals surface area contributed by atoms with Crippen LogP contribution in [0.1, 0.15) is 59.2 Å². The van der Waals surface area contributed by atoms with Crippen molar-refractivity contribution in [3.05, 3.63) is 41.9 Å². The van der Waals surface area contributed by atoms with Crippen molar-refractivity contribution in [3.63, 3.8) is 0 Å². The minimum Gasteiger partial charge on any atom is -0.460 e. The Bertz CT molecular complexity index is 1170. The number of anilines is 1. The summed E-state index contributed by atoms with van der Waals surface area (Å²) in [6.45, 7) is 8.96. The van der Waals surface area contributed by atoms with Gasteiger partial charge in [-0.1, -0.05) is 6.08 Å². The van der Waals surface area contributed by atoms with Crippen LogP contribution in [0.3, 0.4) is 0 Å². The lowest BCUT2D eigenvalue weighted by Gasteiger charge is -2.21. The van der Waals surface area contributed by atoms with E-state index in [1.165, 1.54) is 18.2 Å². The smallest absolute Gasteiger partial charge is 0.308 e. The van der Waals surface area contributed by atoms with Gasteiger partial charge < -0.3 is 24.8 Å². The lowest BCUT2D eigenvalue weighted by atomic mass is 10.1. The van der Waals surface area contributed by atoms with Gasteiger partial charge in [-0.05, 0) is 65.0 Å². The summed E-state index contributed by atoms with van der Waals surface area (Å²) in [6, 6.07) is 5.55. The Morgan fingerprint density at radius 1 is 1.22 bits per heavy atom. The number of hydrogen-bond acceptors (Lipinski definition) is 8. The number of sulfone groups is 1. The summed E-state index contributed by atoms with van der Waals surface area (Å²) >= 11 is 0. The molecule has 9 nitrogen and oxygen atoms in total. The Hall–Kier alpha value is -2.76. The van der Waals surface area contributed by atoms with E-state index in [4.69, 9.17) is 4.74 Å². The predicted molar refractivity (Wildman–Crippen MR) is 137 cm³/mol. The van der Waals surface area contributed by atoms with Gasteiger partial charge in [-0.3, -0.25) is 4.79 Å². The first kappa shape index (κ1) is 29.5. The van der Waals surface area contributed by atoms with Crippen LogP contribution < -0.4 is 5.32 Å². The van der Waals surface area contributed by atoms with Crippen LogP contribution in [-0.2, 0) is 19.4 Å². The van der Waals surface area contributed by atoms with Crippen LogP contribution in [0.15, 0.2) is 30.3 Å². The molecule has 1 heterocycles. The van der Waals surface area contributed by atoms with Crippen LogP contribution >= 0.6 is 0 Å². The molecule has 0 saturated heterocycles. The maximum Gasteiger partial charge on any atom is 0.308 e. The molecule has 0 aliphatic carbocycles. The first-order valence-corrected chi connectivity index (χ1v) is 13.7. The molecule has 1 aromatic carbocycles. The van der Waals surface area contributed by atoms with Crippen molar-refractivity contribution in [2.24, 2.45) is 0 Å². The van der Waals surface area contributed by atoms with Crippen LogP contribution in [0.4, 0.5) is 10.3 Å². The zero-order chi connectivity index (χ0) is 27.3. The van der Waals surface area contributed by atoms with Crippen LogP contribution in [0.25, 0.3) is 17.3 Å². The topological polar surface area (TPSA) is 131 Å². The maximum atomic E-state index is 13.5. The van der Waals surface area contributed by atoms with Gasteiger partial charge in [-0.25, -0.2) is 17.8 Å². The molecule has 0 radical (unpaired) electrons. The summed E-state index contributed by atoms with van der Waals surface area (Å²) in [7, 11) is -3.34. The zero-order valence-electron chi connectivity index (χ0n) is 21.5. The van der Waals surface area contributed by atoms with E-state index >= 15 is 0 Å². The van der Waals surface area contributed by atoms with E-state index < -0.39 is 39.4 Å². The Morgan fingerprint density at radius 3 is 2.36 bits per heavy atom. The highest BCUT2D eigenvalue weighted by Gasteiger charge is 2.22. The first-order valence-electron chi connectivity index (χ1n) is 11.6. The number of rotatable bonds is 11. The summed E-state index contributed by atoms with van der Waals surface area (Å²) in [5.74, 6) is -1.01. The summed E-state index contributed by atoms with van der Waals surface area (Å²) < 4.78 is 43.9. The molecule has 0 spiro atoms. The van der Waals surface area contributed by atoms with E-state index in [2.05, 4.69) is 10.3 Å². The average Bonchev–Trinajstić information content (AvgIpc) is 3.08. The van der Waals surface area contributed by atoms with Crippen LogP contribution in [-0.4, -0.2) is 64.1 Å². The number of carbonyl (C=O) groups is 1. The van der Waals surface area contributed by atoms with Gasteiger partial charge in [-0.15, -0.1) is 0 Å². The van der Waals surface area contributed by atoms with Crippen LogP contribution in [0.2, 0.25) is 0 Å². The van der Waals surface area contributed by atoms with Gasteiger partial charge in [0.05, 0.1) is 30.0 Å². The van der Waals surface area contributed by atoms with E-state index in [1.54, 1.807) is 43.5 Å². The highest BCUT2D eigenvalue weighted by atomic mass is 32.2. The monoisotopic (exact) mass is 525 g/mol. The molecule has 0 amide bonds. The molecule has 0 bridgehead atoms. The van der Waals surface area contributed by atoms with Crippen LogP contribution in [0, 0.1) is 5.82 Å². The van der Waals surface area contributed by atoms with Crippen molar-refractivity contribution in [1.29, 1.82) is 0 Å². The Morgan fingerprint density at radius 2 is 1.83 bits per heavy atom. The summed E-state index contributed by atoms with van der Waals surface area (Å²) in [5, 5.41) is 23.6. The molecule has 0 saturated carbocycles. The van der Waals surface area contributed by atoms with Crippen molar-refractivity contribution >= 4 is 27.8 Å².